The van der Waals surface area contributed by atoms with Crippen LogP contribution in [0.1, 0.15) is 16.1 Å². The molecule has 2 heterocycles. The Morgan fingerprint density at radius 1 is 1.17 bits per heavy atom. The molecule has 30 heavy (non-hydrogen) atoms. The number of carbonyl (C=O) groups is 2. The van der Waals surface area contributed by atoms with Gasteiger partial charge in [-0.2, -0.15) is 18.3 Å². The molecule has 3 rings (SSSR count). The van der Waals surface area contributed by atoms with Gasteiger partial charge in [0, 0.05) is 38.3 Å². The molecule has 0 saturated heterocycles. The lowest BCUT2D eigenvalue weighted by molar-refractivity contribution is -0.192. The van der Waals surface area contributed by atoms with Gasteiger partial charge in [0.15, 0.2) is 0 Å². The van der Waals surface area contributed by atoms with Crippen LogP contribution in [0.2, 0.25) is 0 Å². The number of fused-ring (bicyclic) bond motifs is 1. The normalized spacial score (nSPS) is 10.8. The predicted octanol–water partition coefficient (Wildman–Crippen LogP) is 2.23. The number of nitrogens with zero attached hydrogens (tertiary/aromatic N) is 4. The molecule has 0 aliphatic rings. The molecule has 3 aromatic rings. The smallest absolute Gasteiger partial charge is 0.475 e. The SMILES string of the molecule is CN(Cc1cnc2ccccc2c1)C(=O)c1ccc(=O)n(C)n1.O=C(O)C(F)(F)F. The first-order valence-corrected chi connectivity index (χ1v) is 8.42. The number of aliphatic carboxylic acids is 1. The van der Waals surface area contributed by atoms with Crippen molar-refractivity contribution in [3.05, 3.63) is 70.3 Å². The summed E-state index contributed by atoms with van der Waals surface area (Å²) in [6, 6.07) is 12.6. The average molecular weight is 422 g/mol. The van der Waals surface area contributed by atoms with E-state index in [2.05, 4.69) is 10.1 Å². The third-order valence-corrected chi connectivity index (χ3v) is 3.84. The Labute approximate surface area is 168 Å². The van der Waals surface area contributed by atoms with E-state index >= 15 is 0 Å². The summed E-state index contributed by atoms with van der Waals surface area (Å²) in [5, 5.41) is 12.1. The molecule has 158 valence electrons. The number of benzene rings is 1. The highest BCUT2D eigenvalue weighted by molar-refractivity contribution is 5.92. The van der Waals surface area contributed by atoms with Gasteiger partial charge in [-0.05, 0) is 23.8 Å². The van der Waals surface area contributed by atoms with Gasteiger partial charge in [-0.3, -0.25) is 14.6 Å². The van der Waals surface area contributed by atoms with Crippen molar-refractivity contribution in [1.82, 2.24) is 19.7 Å². The summed E-state index contributed by atoms with van der Waals surface area (Å²) < 4.78 is 32.9. The molecule has 1 aromatic carbocycles. The van der Waals surface area contributed by atoms with Crippen LogP contribution < -0.4 is 5.56 Å². The number of carboxylic acid groups (broad SMARTS) is 1. The number of carbonyl (C=O) groups excluding carboxylic acids is 1. The van der Waals surface area contributed by atoms with Gasteiger partial charge in [0.05, 0.1) is 5.52 Å². The Kier molecular flexibility index (Phi) is 6.88. The minimum Gasteiger partial charge on any atom is -0.475 e. The number of rotatable bonds is 3. The van der Waals surface area contributed by atoms with E-state index in [1.807, 2.05) is 30.3 Å². The maximum absolute atomic E-state index is 12.4. The van der Waals surface area contributed by atoms with Crippen LogP contribution >= 0.6 is 0 Å². The van der Waals surface area contributed by atoms with Gasteiger partial charge in [0.25, 0.3) is 11.5 Å². The molecule has 0 saturated carbocycles. The molecule has 2 aromatic heterocycles. The van der Waals surface area contributed by atoms with Crippen LogP contribution in [0.3, 0.4) is 0 Å². The molecule has 1 amide bonds. The number of aromatic nitrogens is 3. The highest BCUT2D eigenvalue weighted by atomic mass is 19.4. The highest BCUT2D eigenvalue weighted by Crippen LogP contribution is 2.14. The van der Waals surface area contributed by atoms with Gasteiger partial charge >= 0.3 is 12.1 Å². The number of alkyl halides is 3. The third kappa shape index (κ3) is 5.87. The van der Waals surface area contributed by atoms with Crippen molar-refractivity contribution in [2.75, 3.05) is 7.05 Å². The molecule has 0 fully saturated rings. The lowest BCUT2D eigenvalue weighted by Gasteiger charge is -2.17. The van der Waals surface area contributed by atoms with E-state index in [1.54, 1.807) is 18.1 Å². The average Bonchev–Trinajstić information content (AvgIpc) is 2.69. The number of hydrogen-bond donors (Lipinski definition) is 1. The molecule has 8 nitrogen and oxygen atoms in total. The highest BCUT2D eigenvalue weighted by Gasteiger charge is 2.38. The quantitative estimate of drug-likeness (QED) is 0.694. The molecule has 0 atom stereocenters. The predicted molar refractivity (Wildman–Crippen MR) is 101 cm³/mol. The molecule has 0 aliphatic carbocycles. The van der Waals surface area contributed by atoms with E-state index in [0.29, 0.717) is 6.54 Å². The summed E-state index contributed by atoms with van der Waals surface area (Å²) in [6.07, 6.45) is -3.32. The standard InChI is InChI=1S/C17H16N4O2.C2HF3O2/c1-20(17(23)15-7-8-16(22)21(2)19-15)11-12-9-13-5-3-4-6-14(13)18-10-12;3-2(4,5)1(6)7/h3-10H,11H2,1-2H3;(H,6,7). The van der Waals surface area contributed by atoms with Crippen molar-refractivity contribution in [3.8, 4) is 0 Å². The molecule has 0 radical (unpaired) electrons. The van der Waals surface area contributed by atoms with Crippen molar-refractivity contribution in [1.29, 1.82) is 0 Å². The summed E-state index contributed by atoms with van der Waals surface area (Å²) in [7, 11) is 3.22. The first kappa shape index (κ1) is 22.5. The summed E-state index contributed by atoms with van der Waals surface area (Å²) in [6.45, 7) is 0.418. The molecule has 0 unspecified atom stereocenters. The van der Waals surface area contributed by atoms with E-state index in [4.69, 9.17) is 9.90 Å². The number of aryl methyl sites for hydroxylation is 1. The minimum absolute atomic E-state index is 0.239. The van der Waals surface area contributed by atoms with Crippen LogP contribution in [0, 0.1) is 0 Å². The maximum Gasteiger partial charge on any atom is 0.490 e. The zero-order chi connectivity index (χ0) is 22.5. The Balaban J connectivity index is 0.000000396. The van der Waals surface area contributed by atoms with Crippen molar-refractivity contribution < 1.29 is 27.9 Å². The van der Waals surface area contributed by atoms with E-state index in [0.717, 1.165) is 21.1 Å². The van der Waals surface area contributed by atoms with E-state index in [9.17, 15) is 22.8 Å². The van der Waals surface area contributed by atoms with Gasteiger partial charge in [-0.1, -0.05) is 18.2 Å². The fraction of sp³-hybridized carbons (Fsp3) is 0.211. The van der Waals surface area contributed by atoms with Crippen LogP contribution in [0.4, 0.5) is 13.2 Å². The van der Waals surface area contributed by atoms with Gasteiger partial charge in [-0.25, -0.2) is 9.48 Å². The second kappa shape index (κ2) is 9.16. The fourth-order valence-electron chi connectivity index (χ4n) is 2.36. The number of amides is 1. The zero-order valence-electron chi connectivity index (χ0n) is 15.9. The molecule has 11 heteroatoms. The topological polar surface area (TPSA) is 105 Å². The van der Waals surface area contributed by atoms with Gasteiger partial charge in [0.2, 0.25) is 0 Å². The molecule has 0 aliphatic heterocycles. The number of para-hydroxylation sites is 1. The van der Waals surface area contributed by atoms with E-state index in [1.165, 1.54) is 19.2 Å². The monoisotopic (exact) mass is 422 g/mol. The third-order valence-electron chi connectivity index (χ3n) is 3.84. The largest absolute Gasteiger partial charge is 0.490 e. The van der Waals surface area contributed by atoms with Crippen LogP contribution in [0.15, 0.2) is 53.5 Å². The van der Waals surface area contributed by atoms with E-state index < -0.39 is 12.1 Å². The Bertz CT molecular complexity index is 1130. The Hall–Kier alpha value is -3.76. The van der Waals surface area contributed by atoms with Gasteiger partial charge in [0.1, 0.15) is 5.69 Å². The Morgan fingerprint density at radius 2 is 1.80 bits per heavy atom. The summed E-state index contributed by atoms with van der Waals surface area (Å²) >= 11 is 0. The number of hydrogen-bond acceptors (Lipinski definition) is 5. The molecular weight excluding hydrogens is 405 g/mol. The first-order valence-electron chi connectivity index (χ1n) is 8.42. The van der Waals surface area contributed by atoms with Crippen molar-refractivity contribution in [3.63, 3.8) is 0 Å². The number of carboxylic acids is 1. The summed E-state index contributed by atoms with van der Waals surface area (Å²) in [4.78, 5) is 38.6. The number of halogens is 3. The van der Waals surface area contributed by atoms with Crippen molar-refractivity contribution in [2.24, 2.45) is 7.05 Å². The van der Waals surface area contributed by atoms with Crippen LogP contribution in [0.5, 0.6) is 0 Å². The summed E-state index contributed by atoms with van der Waals surface area (Å²) in [5.41, 5.74) is 1.85. The minimum atomic E-state index is -5.08. The van der Waals surface area contributed by atoms with Gasteiger partial charge < -0.3 is 10.0 Å². The van der Waals surface area contributed by atoms with Gasteiger partial charge in [-0.15, -0.1) is 0 Å². The first-order chi connectivity index (χ1) is 14.0. The zero-order valence-corrected chi connectivity index (χ0v) is 15.9. The summed E-state index contributed by atoms with van der Waals surface area (Å²) in [5.74, 6) is -3.00. The second-order valence-corrected chi connectivity index (χ2v) is 6.18. The molecular formula is C19H17F3N4O4. The van der Waals surface area contributed by atoms with Crippen LogP contribution in [-0.4, -0.2) is 49.9 Å². The molecule has 1 N–H and O–H groups in total. The Morgan fingerprint density at radius 3 is 2.40 bits per heavy atom. The fourth-order valence-corrected chi connectivity index (χ4v) is 2.36. The van der Waals surface area contributed by atoms with Crippen molar-refractivity contribution in [2.45, 2.75) is 12.7 Å². The molecule has 0 bridgehead atoms. The van der Waals surface area contributed by atoms with Crippen LogP contribution in [-0.2, 0) is 18.4 Å². The number of pyridine rings is 1. The van der Waals surface area contributed by atoms with Crippen molar-refractivity contribution >= 4 is 22.8 Å². The maximum atomic E-state index is 12.4. The lowest BCUT2D eigenvalue weighted by Crippen LogP contribution is -2.30. The van der Waals surface area contributed by atoms with Crippen LogP contribution in [0.25, 0.3) is 10.9 Å². The van der Waals surface area contributed by atoms with E-state index in [-0.39, 0.29) is 17.2 Å². The molecule has 0 spiro atoms. The second-order valence-electron chi connectivity index (χ2n) is 6.18. The lowest BCUT2D eigenvalue weighted by atomic mass is 10.1.